The predicted octanol–water partition coefficient (Wildman–Crippen LogP) is 3.02. The van der Waals surface area contributed by atoms with Gasteiger partial charge in [0.2, 0.25) is 0 Å². The molecule has 90 valence electrons. The van der Waals surface area contributed by atoms with E-state index in [1.807, 2.05) is 20.8 Å². The molecular weight excluding hydrogens is 255 g/mol. The standard InChI is InChI=1S/C10H12ClFO3S/c1-10(2,3)6-4-5-7(16(13,14)15)9(12)8(6)11/h4-5H,1-3H3,(H,13,14,15). The van der Waals surface area contributed by atoms with Gasteiger partial charge in [-0.3, -0.25) is 4.55 Å². The maximum atomic E-state index is 13.6. The van der Waals surface area contributed by atoms with Crippen LogP contribution in [0.15, 0.2) is 17.0 Å². The van der Waals surface area contributed by atoms with Gasteiger partial charge in [-0.15, -0.1) is 0 Å². The molecule has 0 saturated carbocycles. The first-order valence-electron chi connectivity index (χ1n) is 4.51. The first-order valence-corrected chi connectivity index (χ1v) is 6.33. The van der Waals surface area contributed by atoms with Gasteiger partial charge in [0.05, 0.1) is 5.02 Å². The Morgan fingerprint density at radius 3 is 2.19 bits per heavy atom. The Morgan fingerprint density at radius 2 is 1.81 bits per heavy atom. The van der Waals surface area contributed by atoms with Crippen molar-refractivity contribution in [3.8, 4) is 0 Å². The second kappa shape index (κ2) is 3.98. The van der Waals surface area contributed by atoms with Gasteiger partial charge in [0.1, 0.15) is 4.90 Å². The third-order valence-electron chi connectivity index (χ3n) is 2.13. The molecule has 0 amide bonds. The largest absolute Gasteiger partial charge is 0.297 e. The van der Waals surface area contributed by atoms with Gasteiger partial charge in [0, 0.05) is 0 Å². The fraction of sp³-hybridized carbons (Fsp3) is 0.400. The van der Waals surface area contributed by atoms with Crippen LogP contribution >= 0.6 is 11.6 Å². The van der Waals surface area contributed by atoms with Crippen molar-refractivity contribution in [2.24, 2.45) is 0 Å². The van der Waals surface area contributed by atoms with Crippen molar-refractivity contribution in [1.82, 2.24) is 0 Å². The molecule has 6 heteroatoms. The lowest BCUT2D eigenvalue weighted by Crippen LogP contribution is -2.14. The van der Waals surface area contributed by atoms with Gasteiger partial charge >= 0.3 is 0 Å². The third kappa shape index (κ3) is 2.53. The molecule has 1 aromatic carbocycles. The van der Waals surface area contributed by atoms with Crippen LogP contribution in [0.1, 0.15) is 26.3 Å². The fourth-order valence-electron chi connectivity index (χ4n) is 1.31. The normalized spacial score (nSPS) is 12.9. The minimum atomic E-state index is -4.58. The number of halogens is 2. The first-order chi connectivity index (χ1) is 7.05. The molecule has 1 aromatic rings. The number of hydrogen-bond acceptors (Lipinski definition) is 2. The highest BCUT2D eigenvalue weighted by Crippen LogP contribution is 2.33. The van der Waals surface area contributed by atoms with E-state index in [0.29, 0.717) is 5.56 Å². The maximum Gasteiger partial charge on any atom is 0.297 e. The van der Waals surface area contributed by atoms with Crippen LogP contribution in [0.25, 0.3) is 0 Å². The summed E-state index contributed by atoms with van der Waals surface area (Å²) in [5, 5.41) is -0.275. The van der Waals surface area contributed by atoms with Crippen molar-refractivity contribution in [1.29, 1.82) is 0 Å². The van der Waals surface area contributed by atoms with Crippen LogP contribution in [0.5, 0.6) is 0 Å². The smallest absolute Gasteiger partial charge is 0.282 e. The summed E-state index contributed by atoms with van der Waals surface area (Å²) in [7, 11) is -4.58. The molecule has 0 bridgehead atoms. The molecule has 0 aromatic heterocycles. The van der Waals surface area contributed by atoms with Gasteiger partial charge in [-0.25, -0.2) is 4.39 Å². The van der Waals surface area contributed by atoms with Crippen LogP contribution in [-0.4, -0.2) is 13.0 Å². The molecule has 1 N–H and O–H groups in total. The molecule has 0 atom stereocenters. The summed E-state index contributed by atoms with van der Waals surface area (Å²) in [6.07, 6.45) is 0. The highest BCUT2D eigenvalue weighted by Gasteiger charge is 2.25. The maximum absolute atomic E-state index is 13.6. The van der Waals surface area contributed by atoms with Gasteiger partial charge in [-0.1, -0.05) is 38.4 Å². The lowest BCUT2D eigenvalue weighted by atomic mass is 9.87. The van der Waals surface area contributed by atoms with E-state index in [1.165, 1.54) is 6.07 Å². The molecule has 3 nitrogen and oxygen atoms in total. The molecular formula is C10H12ClFO3S. The second-order valence-corrected chi connectivity index (χ2v) is 6.23. The van der Waals surface area contributed by atoms with Gasteiger partial charge in [0.15, 0.2) is 5.82 Å². The molecule has 0 heterocycles. The second-order valence-electron chi connectivity index (χ2n) is 4.46. The molecule has 0 unspecified atom stereocenters. The lowest BCUT2D eigenvalue weighted by Gasteiger charge is -2.21. The number of rotatable bonds is 1. The summed E-state index contributed by atoms with van der Waals surface area (Å²) in [5.41, 5.74) is 0.0782. The van der Waals surface area contributed by atoms with Crippen LogP contribution in [0.2, 0.25) is 5.02 Å². The van der Waals surface area contributed by atoms with Crippen molar-refractivity contribution in [3.63, 3.8) is 0 Å². The Bertz CT molecular complexity index is 518. The quantitative estimate of drug-likeness (QED) is 0.795. The molecule has 1 rings (SSSR count). The highest BCUT2D eigenvalue weighted by molar-refractivity contribution is 7.85. The molecule has 0 aliphatic carbocycles. The number of hydrogen-bond donors (Lipinski definition) is 1. The van der Waals surface area contributed by atoms with Gasteiger partial charge in [-0.2, -0.15) is 8.42 Å². The molecule has 0 aliphatic rings. The molecule has 0 aliphatic heterocycles. The molecule has 0 radical (unpaired) electrons. The molecule has 0 spiro atoms. The summed E-state index contributed by atoms with van der Waals surface area (Å²) in [6, 6.07) is 2.41. The van der Waals surface area contributed by atoms with E-state index >= 15 is 0 Å². The van der Waals surface area contributed by atoms with Crippen LogP contribution in [0.4, 0.5) is 4.39 Å². The Labute approximate surface area is 99.0 Å². The zero-order chi connectivity index (χ0) is 12.7. The van der Waals surface area contributed by atoms with Crippen molar-refractivity contribution < 1.29 is 17.4 Å². The third-order valence-corrected chi connectivity index (χ3v) is 3.37. The molecule has 16 heavy (non-hydrogen) atoms. The SMILES string of the molecule is CC(C)(C)c1ccc(S(=O)(=O)O)c(F)c1Cl. The monoisotopic (exact) mass is 266 g/mol. The molecule has 0 saturated heterocycles. The Balaban J connectivity index is 3.54. The van der Waals surface area contributed by atoms with Crippen molar-refractivity contribution in [2.45, 2.75) is 31.1 Å². The summed E-state index contributed by atoms with van der Waals surface area (Å²) in [5.74, 6) is -1.11. The predicted molar refractivity (Wildman–Crippen MR) is 59.9 cm³/mol. The van der Waals surface area contributed by atoms with Crippen LogP contribution in [0.3, 0.4) is 0 Å². The average molecular weight is 267 g/mol. The Morgan fingerprint density at radius 1 is 1.31 bits per heavy atom. The fourth-order valence-corrected chi connectivity index (χ4v) is 2.38. The average Bonchev–Trinajstić information content (AvgIpc) is 2.05. The summed E-state index contributed by atoms with van der Waals surface area (Å²) >= 11 is 5.74. The highest BCUT2D eigenvalue weighted by atomic mass is 35.5. The van der Waals surface area contributed by atoms with Crippen LogP contribution in [-0.2, 0) is 15.5 Å². The first kappa shape index (κ1) is 13.4. The van der Waals surface area contributed by atoms with E-state index < -0.39 is 26.2 Å². The van der Waals surface area contributed by atoms with Crippen molar-refractivity contribution in [2.75, 3.05) is 0 Å². The van der Waals surface area contributed by atoms with E-state index in [2.05, 4.69) is 0 Å². The van der Waals surface area contributed by atoms with E-state index in [9.17, 15) is 12.8 Å². The lowest BCUT2D eigenvalue weighted by molar-refractivity contribution is 0.472. The van der Waals surface area contributed by atoms with E-state index in [4.69, 9.17) is 16.2 Å². The van der Waals surface area contributed by atoms with E-state index in [1.54, 1.807) is 0 Å². The van der Waals surface area contributed by atoms with Crippen molar-refractivity contribution in [3.05, 3.63) is 28.5 Å². The van der Waals surface area contributed by atoms with Gasteiger partial charge < -0.3 is 0 Å². The zero-order valence-corrected chi connectivity index (χ0v) is 10.7. The topological polar surface area (TPSA) is 54.4 Å². The Kier molecular flexibility index (Phi) is 3.34. The minimum absolute atomic E-state index is 0.275. The summed E-state index contributed by atoms with van der Waals surface area (Å²) in [4.78, 5) is -0.800. The van der Waals surface area contributed by atoms with Gasteiger partial charge in [0.25, 0.3) is 10.1 Å². The van der Waals surface area contributed by atoms with Crippen LogP contribution < -0.4 is 0 Å². The Hall–Kier alpha value is -0.650. The summed E-state index contributed by atoms with van der Waals surface area (Å²) in [6.45, 7) is 5.46. The van der Waals surface area contributed by atoms with Crippen molar-refractivity contribution >= 4 is 21.7 Å². The van der Waals surface area contributed by atoms with E-state index in [-0.39, 0.29) is 5.02 Å². The van der Waals surface area contributed by atoms with Gasteiger partial charge in [-0.05, 0) is 17.0 Å². The van der Waals surface area contributed by atoms with Crippen LogP contribution in [0, 0.1) is 5.82 Å². The minimum Gasteiger partial charge on any atom is -0.282 e. The summed E-state index contributed by atoms with van der Waals surface area (Å²) < 4.78 is 44.0. The number of benzene rings is 1. The van der Waals surface area contributed by atoms with E-state index in [0.717, 1.165) is 6.07 Å². The molecule has 0 fully saturated rings. The zero-order valence-electron chi connectivity index (χ0n) is 9.08.